The molecule has 0 aliphatic rings. The first kappa shape index (κ1) is 13.9. The Balaban J connectivity index is 3.87. The van der Waals surface area contributed by atoms with Crippen LogP contribution < -0.4 is 10.5 Å². The van der Waals surface area contributed by atoms with Crippen molar-refractivity contribution < 1.29 is 13.2 Å². The fourth-order valence-corrected chi connectivity index (χ4v) is 1.27. The predicted molar refractivity (Wildman–Crippen MR) is 58.5 cm³/mol. The third kappa shape index (κ3) is 6.33. The van der Waals surface area contributed by atoms with E-state index in [4.69, 9.17) is 5.14 Å². The van der Waals surface area contributed by atoms with Crippen molar-refractivity contribution in [2.75, 3.05) is 12.3 Å². The van der Waals surface area contributed by atoms with E-state index in [0.717, 1.165) is 0 Å². The number of nitrogens with two attached hydrogens (primary N) is 1. The van der Waals surface area contributed by atoms with E-state index in [-0.39, 0.29) is 28.9 Å². The van der Waals surface area contributed by atoms with Gasteiger partial charge in [-0.3, -0.25) is 4.79 Å². The van der Waals surface area contributed by atoms with Gasteiger partial charge in [-0.25, -0.2) is 13.6 Å². The van der Waals surface area contributed by atoms with Gasteiger partial charge in [0, 0.05) is 6.54 Å². The van der Waals surface area contributed by atoms with Crippen LogP contribution in [-0.4, -0.2) is 31.4 Å². The molecule has 84 valence electrons. The van der Waals surface area contributed by atoms with Crippen molar-refractivity contribution >= 4 is 31.9 Å². The topological polar surface area (TPSA) is 89.3 Å². The highest BCUT2D eigenvalue weighted by atomic mass is 79.9. The van der Waals surface area contributed by atoms with Crippen molar-refractivity contribution in [1.29, 1.82) is 0 Å². The summed E-state index contributed by atoms with van der Waals surface area (Å²) in [7, 11) is -3.50. The summed E-state index contributed by atoms with van der Waals surface area (Å²) in [5, 5.41) is 7.24. The Labute approximate surface area is 92.6 Å². The Morgan fingerprint density at radius 1 is 1.50 bits per heavy atom. The molecule has 5 nitrogen and oxygen atoms in total. The summed E-state index contributed by atoms with van der Waals surface area (Å²) in [6.45, 7) is 3.82. The van der Waals surface area contributed by atoms with Crippen molar-refractivity contribution in [1.82, 2.24) is 5.32 Å². The predicted octanol–water partition coefficient (Wildman–Crippen LogP) is -0.189. The van der Waals surface area contributed by atoms with Gasteiger partial charge in [0.15, 0.2) is 0 Å². The van der Waals surface area contributed by atoms with Gasteiger partial charge in [0.2, 0.25) is 15.9 Å². The van der Waals surface area contributed by atoms with E-state index in [1.54, 1.807) is 0 Å². The molecular formula is C7H15BrN2O3S. The molecule has 1 unspecified atom stereocenters. The lowest BCUT2D eigenvalue weighted by Crippen LogP contribution is -2.37. The summed E-state index contributed by atoms with van der Waals surface area (Å²) >= 11 is 3.20. The standard InChI is InChI=1S/C7H15BrN2O3S/c1-5(2)6(8)7(11)10-3-4-14(9,12)13/h5-6H,3-4H2,1-2H3,(H,10,11)(H2,9,12,13). The fraction of sp³-hybridized carbons (Fsp3) is 0.857. The Hall–Kier alpha value is -0.140. The fourth-order valence-electron chi connectivity index (χ4n) is 0.717. The molecule has 7 heteroatoms. The lowest BCUT2D eigenvalue weighted by molar-refractivity contribution is -0.120. The van der Waals surface area contributed by atoms with Crippen LogP contribution in [0.1, 0.15) is 13.8 Å². The third-order valence-electron chi connectivity index (χ3n) is 1.52. The minimum Gasteiger partial charge on any atom is -0.354 e. The van der Waals surface area contributed by atoms with Gasteiger partial charge in [0.25, 0.3) is 0 Å². The summed E-state index contributed by atoms with van der Waals surface area (Å²) in [5.41, 5.74) is 0. The molecule has 0 spiro atoms. The molecule has 0 aliphatic carbocycles. The van der Waals surface area contributed by atoms with Gasteiger partial charge in [-0.2, -0.15) is 0 Å². The van der Waals surface area contributed by atoms with Crippen LogP contribution in [0.5, 0.6) is 0 Å². The lowest BCUT2D eigenvalue weighted by atomic mass is 10.1. The van der Waals surface area contributed by atoms with Crippen LogP contribution in [0.3, 0.4) is 0 Å². The van der Waals surface area contributed by atoms with E-state index in [2.05, 4.69) is 21.2 Å². The van der Waals surface area contributed by atoms with Crippen LogP contribution in [0.4, 0.5) is 0 Å². The Kier molecular flexibility index (Phi) is 5.61. The maximum atomic E-state index is 11.3. The average Bonchev–Trinajstić information content (AvgIpc) is 2.00. The van der Waals surface area contributed by atoms with Crippen LogP contribution >= 0.6 is 15.9 Å². The van der Waals surface area contributed by atoms with E-state index in [0.29, 0.717) is 0 Å². The quantitative estimate of drug-likeness (QED) is 0.687. The molecule has 3 N–H and O–H groups in total. The monoisotopic (exact) mass is 286 g/mol. The van der Waals surface area contributed by atoms with E-state index < -0.39 is 10.0 Å². The molecule has 1 atom stereocenters. The number of amides is 1. The van der Waals surface area contributed by atoms with Crippen molar-refractivity contribution in [2.45, 2.75) is 18.7 Å². The highest BCUT2D eigenvalue weighted by molar-refractivity contribution is 9.10. The van der Waals surface area contributed by atoms with E-state index >= 15 is 0 Å². The Bertz CT molecular complexity index is 289. The molecule has 0 aromatic rings. The summed E-state index contributed by atoms with van der Waals surface area (Å²) in [5.74, 6) is -0.301. The lowest BCUT2D eigenvalue weighted by Gasteiger charge is -2.13. The van der Waals surface area contributed by atoms with E-state index in [9.17, 15) is 13.2 Å². The zero-order valence-electron chi connectivity index (χ0n) is 8.16. The van der Waals surface area contributed by atoms with Crippen LogP contribution in [-0.2, 0) is 14.8 Å². The normalized spacial score (nSPS) is 14.1. The molecule has 0 fully saturated rings. The SMILES string of the molecule is CC(C)C(Br)C(=O)NCCS(N)(=O)=O. The highest BCUT2D eigenvalue weighted by Crippen LogP contribution is 2.11. The van der Waals surface area contributed by atoms with Gasteiger partial charge < -0.3 is 5.32 Å². The zero-order valence-corrected chi connectivity index (χ0v) is 10.6. The molecule has 0 radical (unpaired) electrons. The number of hydrogen-bond acceptors (Lipinski definition) is 3. The molecule has 0 aromatic heterocycles. The Morgan fingerprint density at radius 2 is 2.00 bits per heavy atom. The third-order valence-corrected chi connectivity index (χ3v) is 3.77. The van der Waals surface area contributed by atoms with Crippen molar-refractivity contribution in [3.05, 3.63) is 0 Å². The molecule has 0 rings (SSSR count). The number of alkyl halides is 1. The van der Waals surface area contributed by atoms with Gasteiger partial charge in [-0.1, -0.05) is 29.8 Å². The molecule has 0 aliphatic heterocycles. The van der Waals surface area contributed by atoms with Crippen molar-refractivity contribution in [3.63, 3.8) is 0 Å². The van der Waals surface area contributed by atoms with Gasteiger partial charge in [0.05, 0.1) is 10.6 Å². The molecule has 0 saturated heterocycles. The molecule has 0 aromatic carbocycles. The minimum absolute atomic E-state index is 0.0481. The zero-order chi connectivity index (χ0) is 11.4. The van der Waals surface area contributed by atoms with E-state index in [1.165, 1.54) is 0 Å². The second kappa shape index (κ2) is 5.67. The van der Waals surface area contributed by atoms with Gasteiger partial charge in [-0.15, -0.1) is 0 Å². The number of carbonyl (C=O) groups excluding carboxylic acids is 1. The first-order chi connectivity index (χ1) is 6.24. The maximum absolute atomic E-state index is 11.3. The first-order valence-corrected chi connectivity index (χ1v) is 6.79. The van der Waals surface area contributed by atoms with Crippen LogP contribution in [0.15, 0.2) is 0 Å². The first-order valence-electron chi connectivity index (χ1n) is 4.16. The molecule has 0 bridgehead atoms. The summed E-state index contributed by atoms with van der Waals surface area (Å²) in [6, 6.07) is 0. The van der Waals surface area contributed by atoms with Crippen molar-refractivity contribution in [2.24, 2.45) is 11.1 Å². The number of rotatable bonds is 5. The van der Waals surface area contributed by atoms with E-state index in [1.807, 2.05) is 13.8 Å². The van der Waals surface area contributed by atoms with Crippen molar-refractivity contribution in [3.8, 4) is 0 Å². The number of hydrogen-bond donors (Lipinski definition) is 2. The molecule has 14 heavy (non-hydrogen) atoms. The van der Waals surface area contributed by atoms with Gasteiger partial charge in [0.1, 0.15) is 0 Å². The molecule has 1 amide bonds. The smallest absolute Gasteiger partial charge is 0.234 e. The second-order valence-electron chi connectivity index (χ2n) is 3.30. The number of sulfonamides is 1. The number of halogens is 1. The summed E-state index contributed by atoms with van der Waals surface area (Å²) in [6.07, 6.45) is 0. The Morgan fingerprint density at radius 3 is 2.36 bits per heavy atom. The molecular weight excluding hydrogens is 272 g/mol. The van der Waals surface area contributed by atoms with Gasteiger partial charge >= 0.3 is 0 Å². The number of primary sulfonamides is 1. The highest BCUT2D eigenvalue weighted by Gasteiger charge is 2.18. The van der Waals surface area contributed by atoms with Crippen LogP contribution in [0.25, 0.3) is 0 Å². The maximum Gasteiger partial charge on any atom is 0.234 e. The average molecular weight is 287 g/mol. The summed E-state index contributed by atoms with van der Waals surface area (Å²) < 4.78 is 21.1. The number of carbonyl (C=O) groups is 1. The number of nitrogens with one attached hydrogen (secondary N) is 1. The summed E-state index contributed by atoms with van der Waals surface area (Å²) in [4.78, 5) is 11.0. The van der Waals surface area contributed by atoms with Gasteiger partial charge in [-0.05, 0) is 5.92 Å². The molecule has 0 heterocycles. The molecule has 0 saturated carbocycles. The van der Waals surface area contributed by atoms with Crippen LogP contribution in [0.2, 0.25) is 0 Å². The largest absolute Gasteiger partial charge is 0.354 e. The minimum atomic E-state index is -3.50. The van der Waals surface area contributed by atoms with Crippen LogP contribution in [0, 0.1) is 5.92 Å². The second-order valence-corrected chi connectivity index (χ2v) is 6.02.